The molecule has 9 heteroatoms. The first-order chi connectivity index (χ1) is 16.6. The molecule has 2 heterocycles. The summed E-state index contributed by atoms with van der Waals surface area (Å²) in [6, 6.07) is 13.8. The Morgan fingerprint density at radius 2 is 1.46 bits per heavy atom. The van der Waals surface area contributed by atoms with Crippen molar-refractivity contribution in [1.29, 1.82) is 0 Å². The minimum Gasteiger partial charge on any atom is -0.478 e. The zero-order valence-electron chi connectivity index (χ0n) is 17.7. The number of aromatic amines is 1. The number of aromatic carboxylic acids is 2. The molecule has 0 spiro atoms. The van der Waals surface area contributed by atoms with E-state index in [0.29, 0.717) is 44.4 Å². The highest BCUT2D eigenvalue weighted by Crippen LogP contribution is 2.42. The van der Waals surface area contributed by atoms with E-state index >= 15 is 0 Å². The monoisotopic (exact) mass is 476 g/mol. The predicted molar refractivity (Wildman–Crippen MR) is 124 cm³/mol. The SMILES string of the molecule is O=C(O)c1ccc2c(c1)N=CC2=C(c1ccc(C(F)(F)F)cc1)c1c[nH]c2cc(C(=O)O)ccc12. The van der Waals surface area contributed by atoms with Crippen LogP contribution < -0.4 is 0 Å². The molecule has 0 fully saturated rings. The summed E-state index contributed by atoms with van der Waals surface area (Å²) in [5, 5.41) is 19.3. The maximum absolute atomic E-state index is 13.2. The number of aliphatic imine (C=N–C) groups is 1. The van der Waals surface area contributed by atoms with Crippen LogP contribution in [-0.2, 0) is 6.18 Å². The predicted octanol–water partition coefficient (Wildman–Crippen LogP) is 6.26. The van der Waals surface area contributed by atoms with E-state index in [0.717, 1.165) is 12.1 Å². The van der Waals surface area contributed by atoms with Gasteiger partial charge in [0.2, 0.25) is 0 Å². The molecule has 0 atom stereocenters. The third-order valence-electron chi connectivity index (χ3n) is 5.84. The van der Waals surface area contributed by atoms with Crippen molar-refractivity contribution < 1.29 is 33.0 Å². The maximum atomic E-state index is 13.2. The van der Waals surface area contributed by atoms with E-state index in [1.54, 1.807) is 24.5 Å². The molecule has 1 aromatic heterocycles. The first-order valence-corrected chi connectivity index (χ1v) is 10.3. The quantitative estimate of drug-likeness (QED) is 0.324. The Morgan fingerprint density at radius 1 is 0.829 bits per heavy atom. The average Bonchev–Trinajstić information content (AvgIpc) is 3.43. The number of carboxylic acid groups (broad SMARTS) is 2. The van der Waals surface area contributed by atoms with Crippen molar-refractivity contribution >= 4 is 45.9 Å². The molecule has 1 aliphatic rings. The molecule has 5 rings (SSSR count). The van der Waals surface area contributed by atoms with Gasteiger partial charge in [0.05, 0.1) is 22.4 Å². The molecule has 0 aliphatic carbocycles. The van der Waals surface area contributed by atoms with Crippen molar-refractivity contribution in [1.82, 2.24) is 4.98 Å². The number of fused-ring (bicyclic) bond motifs is 2. The van der Waals surface area contributed by atoms with Gasteiger partial charge in [-0.3, -0.25) is 4.99 Å². The molecule has 3 aromatic carbocycles. The van der Waals surface area contributed by atoms with E-state index in [2.05, 4.69) is 9.98 Å². The number of H-pyrrole nitrogens is 1. The largest absolute Gasteiger partial charge is 0.478 e. The van der Waals surface area contributed by atoms with Crippen molar-refractivity contribution in [3.8, 4) is 0 Å². The molecule has 4 aromatic rings. The third kappa shape index (κ3) is 3.86. The van der Waals surface area contributed by atoms with Crippen LogP contribution in [0.25, 0.3) is 22.0 Å². The van der Waals surface area contributed by atoms with Gasteiger partial charge >= 0.3 is 18.1 Å². The van der Waals surface area contributed by atoms with E-state index in [1.807, 2.05) is 0 Å². The highest BCUT2D eigenvalue weighted by Gasteiger charge is 2.30. The van der Waals surface area contributed by atoms with Crippen LogP contribution in [0.1, 0.15) is 43.0 Å². The number of allylic oxidation sites excluding steroid dienone is 1. The smallest absolute Gasteiger partial charge is 0.416 e. The van der Waals surface area contributed by atoms with E-state index in [9.17, 15) is 33.0 Å². The Labute approximate surface area is 195 Å². The molecular formula is C26H15F3N2O4. The van der Waals surface area contributed by atoms with Gasteiger partial charge in [-0.05, 0) is 42.0 Å². The van der Waals surface area contributed by atoms with Gasteiger partial charge in [-0.25, -0.2) is 9.59 Å². The highest BCUT2D eigenvalue weighted by molar-refractivity contribution is 6.28. The molecule has 174 valence electrons. The molecule has 3 N–H and O–H groups in total. The number of carbonyl (C=O) groups is 2. The van der Waals surface area contributed by atoms with Gasteiger partial charge in [-0.2, -0.15) is 13.2 Å². The molecule has 35 heavy (non-hydrogen) atoms. The van der Waals surface area contributed by atoms with Crippen LogP contribution in [-0.4, -0.2) is 33.4 Å². The second-order valence-electron chi connectivity index (χ2n) is 7.93. The first-order valence-electron chi connectivity index (χ1n) is 10.3. The topological polar surface area (TPSA) is 103 Å². The lowest BCUT2D eigenvalue weighted by atomic mass is 9.89. The summed E-state index contributed by atoms with van der Waals surface area (Å²) in [7, 11) is 0. The number of carboxylic acids is 2. The highest BCUT2D eigenvalue weighted by atomic mass is 19.4. The molecule has 0 saturated heterocycles. The Kier molecular flexibility index (Phi) is 5.05. The second-order valence-corrected chi connectivity index (χ2v) is 7.93. The van der Waals surface area contributed by atoms with Crippen molar-refractivity contribution in [2.45, 2.75) is 6.18 Å². The lowest BCUT2D eigenvalue weighted by Gasteiger charge is -2.14. The Bertz CT molecular complexity index is 1580. The van der Waals surface area contributed by atoms with Crippen LogP contribution in [0.15, 0.2) is 71.9 Å². The number of alkyl halides is 3. The fourth-order valence-corrected chi connectivity index (χ4v) is 4.15. The van der Waals surface area contributed by atoms with Crippen molar-refractivity contribution in [2.75, 3.05) is 0 Å². The van der Waals surface area contributed by atoms with Gasteiger partial charge in [0, 0.05) is 45.6 Å². The number of nitrogens with zero attached hydrogens (tertiary/aromatic N) is 1. The van der Waals surface area contributed by atoms with Gasteiger partial charge in [0.15, 0.2) is 0 Å². The van der Waals surface area contributed by atoms with Gasteiger partial charge in [-0.15, -0.1) is 0 Å². The van der Waals surface area contributed by atoms with Gasteiger partial charge in [-0.1, -0.05) is 24.3 Å². The third-order valence-corrected chi connectivity index (χ3v) is 5.84. The van der Waals surface area contributed by atoms with Crippen LogP contribution in [0.3, 0.4) is 0 Å². The van der Waals surface area contributed by atoms with Gasteiger partial charge < -0.3 is 15.2 Å². The van der Waals surface area contributed by atoms with Crippen LogP contribution >= 0.6 is 0 Å². The van der Waals surface area contributed by atoms with E-state index in [1.165, 1.54) is 36.4 Å². The minimum atomic E-state index is -4.49. The maximum Gasteiger partial charge on any atom is 0.416 e. The Morgan fingerprint density at radius 3 is 2.11 bits per heavy atom. The molecule has 0 amide bonds. The summed E-state index contributed by atoms with van der Waals surface area (Å²) in [4.78, 5) is 30.1. The second kappa shape index (κ2) is 7.98. The summed E-state index contributed by atoms with van der Waals surface area (Å²) in [5.74, 6) is -2.19. The van der Waals surface area contributed by atoms with Crippen molar-refractivity contribution in [3.63, 3.8) is 0 Å². The number of benzene rings is 3. The number of aromatic nitrogens is 1. The lowest BCUT2D eigenvalue weighted by Crippen LogP contribution is -2.04. The number of hydrogen-bond donors (Lipinski definition) is 3. The molecule has 1 aliphatic heterocycles. The molecule has 0 bridgehead atoms. The zero-order chi connectivity index (χ0) is 24.9. The summed E-state index contributed by atoms with van der Waals surface area (Å²) < 4.78 is 39.5. The van der Waals surface area contributed by atoms with Crippen LogP contribution in [0.2, 0.25) is 0 Å². The molecular weight excluding hydrogens is 461 g/mol. The van der Waals surface area contributed by atoms with E-state index < -0.39 is 23.7 Å². The van der Waals surface area contributed by atoms with Crippen LogP contribution in [0, 0.1) is 0 Å². The normalized spacial score (nSPS) is 14.3. The summed E-state index contributed by atoms with van der Waals surface area (Å²) in [5.41, 5.74) is 3.24. The Hall–Kier alpha value is -4.66. The molecule has 0 saturated carbocycles. The van der Waals surface area contributed by atoms with Gasteiger partial charge in [0.25, 0.3) is 0 Å². The first kappa shape index (κ1) is 22.1. The van der Waals surface area contributed by atoms with E-state index in [-0.39, 0.29) is 11.1 Å². The minimum absolute atomic E-state index is 0.0616. The zero-order valence-corrected chi connectivity index (χ0v) is 17.7. The number of rotatable bonds is 4. The Balaban J connectivity index is 1.75. The number of nitrogens with one attached hydrogen (secondary N) is 1. The molecule has 0 unspecified atom stereocenters. The molecule has 0 radical (unpaired) electrons. The van der Waals surface area contributed by atoms with Crippen molar-refractivity contribution in [2.24, 2.45) is 4.99 Å². The molecule has 6 nitrogen and oxygen atoms in total. The average molecular weight is 476 g/mol. The van der Waals surface area contributed by atoms with Crippen molar-refractivity contribution in [3.05, 3.63) is 100 Å². The fraction of sp³-hybridized carbons (Fsp3) is 0.0385. The fourth-order valence-electron chi connectivity index (χ4n) is 4.15. The van der Waals surface area contributed by atoms with Crippen LogP contribution in [0.5, 0.6) is 0 Å². The summed E-state index contributed by atoms with van der Waals surface area (Å²) >= 11 is 0. The van der Waals surface area contributed by atoms with Gasteiger partial charge in [0.1, 0.15) is 0 Å². The summed E-state index contributed by atoms with van der Waals surface area (Å²) in [6.45, 7) is 0. The standard InChI is InChI=1S/C26H15F3N2O4/c27-26(28,29)16-5-1-13(2-6-16)23(19-11-30-21-9-14(24(32)33)3-7-17(19)21)20-12-31-22-10-15(25(34)35)4-8-18(20)22/h1-12,30H,(H,32,33)(H,34,35). The number of halogens is 3. The van der Waals surface area contributed by atoms with E-state index in [4.69, 9.17) is 0 Å². The summed E-state index contributed by atoms with van der Waals surface area (Å²) in [6.07, 6.45) is -1.28. The number of hydrogen-bond acceptors (Lipinski definition) is 3. The van der Waals surface area contributed by atoms with Crippen LogP contribution in [0.4, 0.5) is 18.9 Å². The lowest BCUT2D eigenvalue weighted by molar-refractivity contribution is -0.137.